The number of nitrogens with zero attached hydrogens (tertiary/aromatic N) is 6. The van der Waals surface area contributed by atoms with Gasteiger partial charge in [-0.05, 0) is 84.8 Å². The van der Waals surface area contributed by atoms with E-state index >= 15 is 0 Å². The van der Waals surface area contributed by atoms with Crippen LogP contribution in [0.4, 0.5) is 27.5 Å². The van der Waals surface area contributed by atoms with Crippen LogP contribution in [0.5, 0.6) is 11.5 Å². The number of halogens is 2. The molecule has 0 saturated heterocycles. The van der Waals surface area contributed by atoms with Crippen molar-refractivity contribution in [2.75, 3.05) is 29.2 Å². The highest BCUT2D eigenvalue weighted by Crippen LogP contribution is 2.31. The fraction of sp³-hybridized carbons (Fsp3) is 0.139. The van der Waals surface area contributed by atoms with Crippen molar-refractivity contribution in [3.63, 3.8) is 0 Å². The second kappa shape index (κ2) is 15.4. The molecule has 15 heteroatoms. The lowest BCUT2D eigenvalue weighted by atomic mass is 10.1. The molecule has 0 saturated carbocycles. The van der Waals surface area contributed by atoms with Crippen LogP contribution in [0.2, 0.25) is 5.15 Å². The average molecular weight is 727 g/mol. The van der Waals surface area contributed by atoms with Gasteiger partial charge in [0.1, 0.15) is 29.0 Å². The van der Waals surface area contributed by atoms with Crippen molar-refractivity contribution in [1.29, 1.82) is 0 Å². The first-order valence-corrected chi connectivity index (χ1v) is 17.4. The number of rotatable bonds is 13. The number of pyridine rings is 2. The number of hydrogen-bond acceptors (Lipinski definition) is 11. The number of hydrogen-bond donors (Lipinski definition) is 2. The molecule has 0 radical (unpaired) electrons. The summed E-state index contributed by atoms with van der Waals surface area (Å²) in [4.78, 5) is 24.9. The molecule has 260 valence electrons. The lowest BCUT2D eigenvalue weighted by molar-refractivity contribution is 0.414. The third-order valence-electron chi connectivity index (χ3n) is 7.60. The second-order valence-corrected chi connectivity index (χ2v) is 13.2. The first kappa shape index (κ1) is 35.0. The van der Waals surface area contributed by atoms with Gasteiger partial charge in [-0.2, -0.15) is 9.97 Å². The van der Waals surface area contributed by atoms with Gasteiger partial charge in [0, 0.05) is 19.3 Å². The summed E-state index contributed by atoms with van der Waals surface area (Å²) in [5.41, 5.74) is 2.99. The molecule has 3 aromatic heterocycles. The molecule has 6 rings (SSSR count). The Bertz CT molecular complexity index is 2200. The van der Waals surface area contributed by atoms with E-state index in [2.05, 4.69) is 25.0 Å². The number of nitrogens with one attached hydrogen (secondary N) is 2. The highest BCUT2D eigenvalue weighted by atomic mass is 35.5. The van der Waals surface area contributed by atoms with Crippen LogP contribution in [0.25, 0.3) is 11.4 Å². The van der Waals surface area contributed by atoms with Crippen molar-refractivity contribution in [2.45, 2.75) is 24.9 Å². The first-order chi connectivity index (χ1) is 24.6. The number of ether oxygens (including phenoxy) is 2. The number of aromatic nitrogens is 5. The fourth-order valence-corrected chi connectivity index (χ4v) is 6.32. The predicted molar refractivity (Wildman–Crippen MR) is 193 cm³/mol. The Morgan fingerprint density at radius 1 is 0.824 bits per heavy atom. The molecule has 3 aromatic carbocycles. The second-order valence-electron chi connectivity index (χ2n) is 11.2. The van der Waals surface area contributed by atoms with Crippen molar-refractivity contribution in [3.05, 3.63) is 131 Å². The van der Waals surface area contributed by atoms with E-state index in [1.165, 1.54) is 12.3 Å². The quantitative estimate of drug-likeness (QED) is 0.117. The molecule has 2 N–H and O–H groups in total. The molecule has 0 fully saturated rings. The van der Waals surface area contributed by atoms with Crippen LogP contribution in [0.1, 0.15) is 17.0 Å². The third kappa shape index (κ3) is 8.66. The Morgan fingerprint density at radius 2 is 1.45 bits per heavy atom. The number of sulfonamides is 1. The van der Waals surface area contributed by atoms with Gasteiger partial charge in [0.15, 0.2) is 11.0 Å². The van der Waals surface area contributed by atoms with Crippen LogP contribution in [-0.4, -0.2) is 47.6 Å². The highest BCUT2D eigenvalue weighted by molar-refractivity contribution is 7.92. The minimum Gasteiger partial charge on any atom is -0.497 e. The third-order valence-corrected chi connectivity index (χ3v) is 9.28. The molecule has 0 aliphatic heterocycles. The number of anilines is 4. The van der Waals surface area contributed by atoms with Gasteiger partial charge in [0.05, 0.1) is 42.3 Å². The molecule has 6 aromatic rings. The van der Waals surface area contributed by atoms with E-state index in [0.29, 0.717) is 47.8 Å². The maximum Gasteiger partial charge on any atom is 0.261 e. The monoisotopic (exact) mass is 726 g/mol. The van der Waals surface area contributed by atoms with E-state index in [-0.39, 0.29) is 15.7 Å². The largest absolute Gasteiger partial charge is 0.497 e. The van der Waals surface area contributed by atoms with Crippen LogP contribution in [0, 0.1) is 12.7 Å². The lowest BCUT2D eigenvalue weighted by Gasteiger charge is -2.24. The van der Waals surface area contributed by atoms with Gasteiger partial charge in [-0.1, -0.05) is 35.9 Å². The standard InChI is InChI=1S/C36H32ClFN8O4S/c1-23-41-35(44-36(42-23)46(21-24-6-12-28(49-2)13-7-24)22-25-8-14-29(50-3)15-9-25)31-5-4-18-39-34(31)43-27-19-32(33(37)40-20-27)45-51(47,48)30-16-10-26(38)11-17-30/h4-20,45H,21-22H2,1-3H3,(H,39,43). The Labute approximate surface area is 299 Å². The molecule has 51 heavy (non-hydrogen) atoms. The maximum absolute atomic E-state index is 13.4. The predicted octanol–water partition coefficient (Wildman–Crippen LogP) is 7.20. The fourth-order valence-electron chi connectivity index (χ4n) is 5.06. The van der Waals surface area contributed by atoms with Crippen LogP contribution < -0.4 is 24.4 Å². The zero-order valence-corrected chi connectivity index (χ0v) is 29.3. The maximum atomic E-state index is 13.4. The van der Waals surface area contributed by atoms with E-state index in [4.69, 9.17) is 31.0 Å². The van der Waals surface area contributed by atoms with E-state index in [1.54, 1.807) is 33.4 Å². The molecule has 0 atom stereocenters. The summed E-state index contributed by atoms with van der Waals surface area (Å²) >= 11 is 6.27. The van der Waals surface area contributed by atoms with Crippen molar-refractivity contribution in [2.24, 2.45) is 0 Å². The van der Waals surface area contributed by atoms with E-state index < -0.39 is 15.8 Å². The Balaban J connectivity index is 1.31. The summed E-state index contributed by atoms with van der Waals surface area (Å²) < 4.78 is 52.5. The molecule has 12 nitrogen and oxygen atoms in total. The van der Waals surface area contributed by atoms with Crippen LogP contribution in [0.15, 0.2) is 108 Å². The van der Waals surface area contributed by atoms with E-state index in [0.717, 1.165) is 46.9 Å². The minimum absolute atomic E-state index is 0.00877. The summed E-state index contributed by atoms with van der Waals surface area (Å²) in [6.45, 7) is 2.77. The zero-order valence-electron chi connectivity index (χ0n) is 27.7. The molecule has 0 unspecified atom stereocenters. The number of benzene rings is 3. The van der Waals surface area contributed by atoms with Gasteiger partial charge in [0.2, 0.25) is 5.95 Å². The topological polar surface area (TPSA) is 144 Å². The Morgan fingerprint density at radius 3 is 2.06 bits per heavy atom. The molecule has 0 amide bonds. The molecule has 0 aliphatic rings. The van der Waals surface area contributed by atoms with Gasteiger partial charge in [-0.25, -0.2) is 27.8 Å². The van der Waals surface area contributed by atoms with Crippen LogP contribution >= 0.6 is 11.6 Å². The van der Waals surface area contributed by atoms with E-state index in [9.17, 15) is 12.8 Å². The summed E-state index contributed by atoms with van der Waals surface area (Å²) in [7, 11) is -0.839. The van der Waals surface area contributed by atoms with Gasteiger partial charge >= 0.3 is 0 Å². The summed E-state index contributed by atoms with van der Waals surface area (Å²) in [5, 5.41) is 3.10. The highest BCUT2D eigenvalue weighted by Gasteiger charge is 2.20. The molecule has 0 spiro atoms. The number of aryl methyl sites for hydroxylation is 1. The molecule has 0 aliphatic carbocycles. The summed E-state index contributed by atoms with van der Waals surface area (Å²) in [6.07, 6.45) is 3.04. The molecule has 0 bridgehead atoms. The van der Waals surface area contributed by atoms with Crippen LogP contribution in [0.3, 0.4) is 0 Å². The van der Waals surface area contributed by atoms with Gasteiger partial charge in [0.25, 0.3) is 10.0 Å². The van der Waals surface area contributed by atoms with Gasteiger partial charge < -0.3 is 19.7 Å². The van der Waals surface area contributed by atoms with Crippen molar-refractivity contribution in [1.82, 2.24) is 24.9 Å². The van der Waals surface area contributed by atoms with Crippen molar-refractivity contribution >= 4 is 44.8 Å². The lowest BCUT2D eigenvalue weighted by Crippen LogP contribution is -2.25. The Hall–Kier alpha value is -5.86. The molecular formula is C36H32ClFN8O4S. The smallest absolute Gasteiger partial charge is 0.261 e. The van der Waals surface area contributed by atoms with Gasteiger partial charge in [-0.3, -0.25) is 4.72 Å². The van der Waals surface area contributed by atoms with Crippen LogP contribution in [-0.2, 0) is 23.1 Å². The van der Waals surface area contributed by atoms with Crippen molar-refractivity contribution in [3.8, 4) is 22.9 Å². The van der Waals surface area contributed by atoms with Gasteiger partial charge in [-0.15, -0.1) is 0 Å². The minimum atomic E-state index is -4.09. The molecule has 3 heterocycles. The molecular weight excluding hydrogens is 695 g/mol. The first-order valence-electron chi connectivity index (χ1n) is 15.5. The average Bonchev–Trinajstić information content (AvgIpc) is 3.13. The Kier molecular flexibility index (Phi) is 10.5. The zero-order chi connectivity index (χ0) is 36.0. The van der Waals surface area contributed by atoms with E-state index in [1.807, 2.05) is 59.5 Å². The summed E-state index contributed by atoms with van der Waals surface area (Å²) in [6, 6.07) is 25.1. The number of methoxy groups -OCH3 is 2. The summed E-state index contributed by atoms with van der Waals surface area (Å²) in [5.74, 6) is 2.62. The normalized spacial score (nSPS) is 11.2. The van der Waals surface area contributed by atoms with Crippen molar-refractivity contribution < 1.29 is 22.3 Å². The SMILES string of the molecule is COc1ccc(CN(Cc2ccc(OC)cc2)c2nc(C)nc(-c3cccnc3Nc3cnc(Cl)c(NS(=O)(=O)c4ccc(F)cc4)c3)n2)cc1.